The first kappa shape index (κ1) is 14.1. The summed E-state index contributed by atoms with van der Waals surface area (Å²) in [5.74, 6) is -0.282. The number of anilines is 1. The van der Waals surface area contributed by atoms with Crippen LogP contribution in [0.3, 0.4) is 0 Å². The molecule has 0 atom stereocenters. The first-order valence-corrected chi connectivity index (χ1v) is 5.80. The fraction of sp³-hybridized carbons (Fsp3) is 0.417. The van der Waals surface area contributed by atoms with Crippen molar-refractivity contribution in [2.75, 3.05) is 18.4 Å². The second-order valence-corrected chi connectivity index (χ2v) is 4.00. The average molecular weight is 251 g/mol. The minimum atomic E-state index is -0.498. The van der Waals surface area contributed by atoms with E-state index in [9.17, 15) is 14.9 Å². The zero-order valence-electron chi connectivity index (χ0n) is 10.5. The maximum Gasteiger partial charge on any atom is 0.293 e. The molecule has 18 heavy (non-hydrogen) atoms. The standard InChI is InChI=1S/C12H17N3O3/c1-3-6-13-8-12(16)14-10-5-4-9(2)7-11(10)15(17)18/h4-5,7,13H,3,6,8H2,1-2H3,(H,14,16). The monoisotopic (exact) mass is 251 g/mol. The molecule has 1 aromatic rings. The first-order valence-electron chi connectivity index (χ1n) is 5.80. The second-order valence-electron chi connectivity index (χ2n) is 4.00. The van der Waals surface area contributed by atoms with E-state index in [0.29, 0.717) is 0 Å². The summed E-state index contributed by atoms with van der Waals surface area (Å²) in [6.45, 7) is 4.65. The molecule has 0 fully saturated rings. The molecule has 0 unspecified atom stereocenters. The molecule has 2 N–H and O–H groups in total. The Morgan fingerprint density at radius 3 is 2.78 bits per heavy atom. The van der Waals surface area contributed by atoms with Crippen LogP contribution in [-0.2, 0) is 4.79 Å². The molecule has 0 aliphatic rings. The topological polar surface area (TPSA) is 84.3 Å². The normalized spacial score (nSPS) is 10.1. The van der Waals surface area contributed by atoms with Crippen molar-refractivity contribution >= 4 is 17.3 Å². The molecule has 0 aliphatic heterocycles. The summed E-state index contributed by atoms with van der Waals surface area (Å²) < 4.78 is 0. The molecular formula is C12H17N3O3. The van der Waals surface area contributed by atoms with Crippen LogP contribution in [0.25, 0.3) is 0 Å². The van der Waals surface area contributed by atoms with Crippen LogP contribution in [0.2, 0.25) is 0 Å². The lowest BCUT2D eigenvalue weighted by atomic mass is 10.2. The number of rotatable bonds is 6. The van der Waals surface area contributed by atoms with Crippen LogP contribution in [0.4, 0.5) is 11.4 Å². The predicted molar refractivity (Wildman–Crippen MR) is 69.6 cm³/mol. The van der Waals surface area contributed by atoms with Gasteiger partial charge in [-0.15, -0.1) is 0 Å². The number of benzene rings is 1. The highest BCUT2D eigenvalue weighted by molar-refractivity contribution is 5.94. The van der Waals surface area contributed by atoms with Crippen molar-refractivity contribution in [3.8, 4) is 0 Å². The summed E-state index contributed by atoms with van der Waals surface area (Å²) in [5.41, 5.74) is 0.927. The first-order chi connectivity index (χ1) is 8.54. The summed E-state index contributed by atoms with van der Waals surface area (Å²) in [5, 5.41) is 16.3. The predicted octanol–water partition coefficient (Wildman–Crippen LogP) is 1.84. The number of carbonyl (C=O) groups excluding carboxylic acids is 1. The molecule has 0 aliphatic carbocycles. The number of nitro benzene ring substituents is 1. The van der Waals surface area contributed by atoms with Crippen LogP contribution in [0.1, 0.15) is 18.9 Å². The van der Waals surface area contributed by atoms with E-state index in [1.165, 1.54) is 6.07 Å². The third-order valence-electron chi connectivity index (χ3n) is 2.34. The van der Waals surface area contributed by atoms with Gasteiger partial charge in [0, 0.05) is 6.07 Å². The van der Waals surface area contributed by atoms with Gasteiger partial charge in [-0.3, -0.25) is 14.9 Å². The van der Waals surface area contributed by atoms with Crippen molar-refractivity contribution in [2.24, 2.45) is 0 Å². The van der Waals surface area contributed by atoms with Crippen molar-refractivity contribution in [1.82, 2.24) is 5.32 Å². The van der Waals surface area contributed by atoms with Gasteiger partial charge >= 0.3 is 0 Å². The van der Waals surface area contributed by atoms with Crippen LogP contribution >= 0.6 is 0 Å². The molecule has 6 nitrogen and oxygen atoms in total. The number of nitrogens with zero attached hydrogens (tertiary/aromatic N) is 1. The molecule has 0 bridgehead atoms. The van der Waals surface area contributed by atoms with Crippen LogP contribution in [-0.4, -0.2) is 23.9 Å². The summed E-state index contributed by atoms with van der Waals surface area (Å²) in [6, 6.07) is 4.71. The minimum absolute atomic E-state index is 0.0844. The fourth-order valence-electron chi connectivity index (χ4n) is 1.47. The van der Waals surface area contributed by atoms with Gasteiger partial charge in [0.15, 0.2) is 0 Å². The van der Waals surface area contributed by atoms with Crippen LogP contribution in [0.15, 0.2) is 18.2 Å². The fourth-order valence-corrected chi connectivity index (χ4v) is 1.47. The van der Waals surface area contributed by atoms with Gasteiger partial charge in [-0.05, 0) is 31.5 Å². The lowest BCUT2D eigenvalue weighted by molar-refractivity contribution is -0.384. The van der Waals surface area contributed by atoms with Crippen LogP contribution in [0.5, 0.6) is 0 Å². The van der Waals surface area contributed by atoms with E-state index in [1.807, 2.05) is 6.92 Å². The third-order valence-corrected chi connectivity index (χ3v) is 2.34. The van der Waals surface area contributed by atoms with E-state index in [4.69, 9.17) is 0 Å². The van der Waals surface area contributed by atoms with Gasteiger partial charge in [0.05, 0.1) is 11.5 Å². The Morgan fingerprint density at radius 2 is 2.17 bits per heavy atom. The van der Waals surface area contributed by atoms with Gasteiger partial charge in [0.1, 0.15) is 5.69 Å². The Labute approximate surface area is 106 Å². The SMILES string of the molecule is CCCNCC(=O)Nc1ccc(C)cc1[N+](=O)[O-]. The molecule has 0 saturated carbocycles. The van der Waals surface area contributed by atoms with Gasteiger partial charge in [-0.25, -0.2) is 0 Å². The number of hydrogen-bond acceptors (Lipinski definition) is 4. The Kier molecular flexibility index (Phi) is 5.26. The summed E-state index contributed by atoms with van der Waals surface area (Å²) in [4.78, 5) is 21.9. The largest absolute Gasteiger partial charge is 0.319 e. The van der Waals surface area contributed by atoms with Gasteiger partial charge in [0.25, 0.3) is 5.69 Å². The number of carbonyl (C=O) groups is 1. The molecule has 1 aromatic carbocycles. The number of amides is 1. The zero-order chi connectivity index (χ0) is 13.5. The summed E-state index contributed by atoms with van der Waals surface area (Å²) in [6.07, 6.45) is 0.929. The second kappa shape index (κ2) is 6.70. The molecule has 1 amide bonds. The Hall–Kier alpha value is -1.95. The van der Waals surface area contributed by atoms with E-state index in [1.54, 1.807) is 19.1 Å². The van der Waals surface area contributed by atoms with Crippen molar-refractivity contribution in [2.45, 2.75) is 20.3 Å². The minimum Gasteiger partial charge on any atom is -0.319 e. The van der Waals surface area contributed by atoms with E-state index in [0.717, 1.165) is 18.5 Å². The number of nitrogens with one attached hydrogen (secondary N) is 2. The van der Waals surface area contributed by atoms with Gasteiger partial charge in [0.2, 0.25) is 5.91 Å². The van der Waals surface area contributed by atoms with E-state index >= 15 is 0 Å². The number of hydrogen-bond donors (Lipinski definition) is 2. The lowest BCUT2D eigenvalue weighted by Gasteiger charge is -2.07. The maximum absolute atomic E-state index is 11.6. The number of nitro groups is 1. The Morgan fingerprint density at radius 1 is 1.44 bits per heavy atom. The Balaban J connectivity index is 2.72. The quantitative estimate of drug-likeness (QED) is 0.459. The van der Waals surface area contributed by atoms with Crippen LogP contribution in [0, 0.1) is 17.0 Å². The molecule has 0 saturated heterocycles. The van der Waals surface area contributed by atoms with E-state index in [-0.39, 0.29) is 23.8 Å². The molecule has 0 spiro atoms. The maximum atomic E-state index is 11.6. The third kappa shape index (κ3) is 4.14. The molecule has 1 rings (SSSR count). The van der Waals surface area contributed by atoms with Crippen molar-refractivity contribution in [1.29, 1.82) is 0 Å². The van der Waals surface area contributed by atoms with Gasteiger partial charge < -0.3 is 10.6 Å². The molecular weight excluding hydrogens is 234 g/mol. The highest BCUT2D eigenvalue weighted by Crippen LogP contribution is 2.24. The van der Waals surface area contributed by atoms with Gasteiger partial charge in [-0.1, -0.05) is 13.0 Å². The van der Waals surface area contributed by atoms with Crippen LogP contribution < -0.4 is 10.6 Å². The molecule has 0 aromatic heterocycles. The van der Waals surface area contributed by atoms with E-state index < -0.39 is 4.92 Å². The van der Waals surface area contributed by atoms with Gasteiger partial charge in [-0.2, -0.15) is 0 Å². The molecule has 0 heterocycles. The zero-order valence-corrected chi connectivity index (χ0v) is 10.5. The van der Waals surface area contributed by atoms with Crippen molar-refractivity contribution in [3.05, 3.63) is 33.9 Å². The smallest absolute Gasteiger partial charge is 0.293 e. The summed E-state index contributed by atoms with van der Waals surface area (Å²) in [7, 11) is 0. The highest BCUT2D eigenvalue weighted by atomic mass is 16.6. The van der Waals surface area contributed by atoms with E-state index in [2.05, 4.69) is 10.6 Å². The summed E-state index contributed by atoms with van der Waals surface area (Å²) >= 11 is 0. The molecule has 6 heteroatoms. The molecule has 98 valence electrons. The molecule has 0 radical (unpaired) electrons. The van der Waals surface area contributed by atoms with Crippen molar-refractivity contribution < 1.29 is 9.72 Å². The average Bonchev–Trinajstić information content (AvgIpc) is 2.31. The van der Waals surface area contributed by atoms with Crippen molar-refractivity contribution in [3.63, 3.8) is 0 Å². The lowest BCUT2D eigenvalue weighted by Crippen LogP contribution is -2.28. The number of aryl methyl sites for hydroxylation is 1. The Bertz CT molecular complexity index is 446. The highest BCUT2D eigenvalue weighted by Gasteiger charge is 2.15.